The molecule has 17 nitrogen and oxygen atoms in total. The highest BCUT2D eigenvalue weighted by atomic mass is 32.2. The lowest BCUT2D eigenvalue weighted by molar-refractivity contribution is -0.192. The van der Waals surface area contributed by atoms with Gasteiger partial charge in [-0.1, -0.05) is 0 Å². The number of rotatable bonds is 18. The van der Waals surface area contributed by atoms with Crippen LogP contribution >= 0.6 is 11.8 Å². The molecule has 244 valence electrons. The van der Waals surface area contributed by atoms with Crippen LogP contribution in [0, 0.1) is 0 Å². The Labute approximate surface area is 245 Å². The fourth-order valence-corrected chi connectivity index (χ4v) is 3.31. The molecule has 9 N–H and O–H groups in total. The van der Waals surface area contributed by atoms with Crippen molar-refractivity contribution in [2.75, 3.05) is 12.0 Å². The maximum atomic E-state index is 12.9. The van der Waals surface area contributed by atoms with E-state index in [1.54, 1.807) is 6.26 Å². The summed E-state index contributed by atoms with van der Waals surface area (Å²) in [7, 11) is 0. The van der Waals surface area contributed by atoms with Crippen LogP contribution in [0.1, 0.15) is 39.0 Å². The molecule has 0 spiro atoms. The zero-order valence-electron chi connectivity index (χ0n) is 22.8. The average molecular weight is 648 g/mol. The lowest BCUT2D eigenvalue weighted by Gasteiger charge is -2.25. The summed E-state index contributed by atoms with van der Waals surface area (Å²) >= 11 is 1.33. The van der Waals surface area contributed by atoms with E-state index in [1.165, 1.54) is 11.8 Å². The van der Waals surface area contributed by atoms with E-state index in [0.29, 0.717) is 5.75 Å². The molecule has 0 radical (unpaired) electrons. The summed E-state index contributed by atoms with van der Waals surface area (Å²) in [6.07, 6.45) is -5.19. The van der Waals surface area contributed by atoms with Gasteiger partial charge in [0.25, 0.3) is 0 Å². The normalized spacial score (nSPS) is 13.3. The molecule has 43 heavy (non-hydrogen) atoms. The van der Waals surface area contributed by atoms with Crippen LogP contribution in [0.25, 0.3) is 0 Å². The molecule has 5 amide bonds. The van der Waals surface area contributed by atoms with Crippen LogP contribution in [-0.4, -0.2) is 111 Å². The van der Waals surface area contributed by atoms with Crippen LogP contribution < -0.4 is 27.0 Å². The predicted molar refractivity (Wildman–Crippen MR) is 139 cm³/mol. The first-order chi connectivity index (χ1) is 19.7. The van der Waals surface area contributed by atoms with E-state index in [1.807, 2.05) is 0 Å². The maximum Gasteiger partial charge on any atom is 0.490 e. The van der Waals surface area contributed by atoms with Gasteiger partial charge >= 0.3 is 24.1 Å². The molecular formula is C22H32F3N5O12S. The molecular weight excluding hydrogens is 615 g/mol. The van der Waals surface area contributed by atoms with Gasteiger partial charge in [0.05, 0.1) is 18.9 Å². The molecule has 0 fully saturated rings. The number of thioether (sulfide) groups is 1. The van der Waals surface area contributed by atoms with Crippen molar-refractivity contribution in [1.29, 1.82) is 0 Å². The van der Waals surface area contributed by atoms with E-state index in [-0.39, 0.29) is 25.5 Å². The second kappa shape index (κ2) is 20.4. The molecule has 0 aromatic heterocycles. The van der Waals surface area contributed by atoms with Gasteiger partial charge in [0.1, 0.15) is 24.4 Å². The topological polar surface area (TPSA) is 288 Å². The Bertz CT molecular complexity index is 1030. The smallest absolute Gasteiger partial charge is 0.481 e. The minimum Gasteiger partial charge on any atom is -0.481 e. The molecule has 0 aliphatic rings. The number of hydrogen-bond acceptors (Lipinski definition) is 10. The van der Waals surface area contributed by atoms with Crippen molar-refractivity contribution in [3.8, 4) is 0 Å². The van der Waals surface area contributed by atoms with Gasteiger partial charge in [-0.05, 0) is 24.9 Å². The lowest BCUT2D eigenvalue weighted by atomic mass is 10.1. The van der Waals surface area contributed by atoms with Gasteiger partial charge in [-0.3, -0.25) is 33.6 Å². The van der Waals surface area contributed by atoms with Gasteiger partial charge in [-0.2, -0.15) is 24.9 Å². The Morgan fingerprint density at radius 1 is 0.791 bits per heavy atom. The highest BCUT2D eigenvalue weighted by molar-refractivity contribution is 7.98. The van der Waals surface area contributed by atoms with Crippen LogP contribution in [0.15, 0.2) is 0 Å². The highest BCUT2D eigenvalue weighted by Gasteiger charge is 2.38. The Morgan fingerprint density at radius 2 is 1.23 bits per heavy atom. The zero-order valence-corrected chi connectivity index (χ0v) is 23.6. The van der Waals surface area contributed by atoms with E-state index in [4.69, 9.17) is 25.8 Å². The molecule has 0 heterocycles. The number of alkyl halides is 3. The fraction of sp³-hybridized carbons (Fsp3) is 0.591. The number of carbonyl (C=O) groups excluding carboxylic acids is 6. The van der Waals surface area contributed by atoms with Gasteiger partial charge in [-0.25, -0.2) is 4.79 Å². The van der Waals surface area contributed by atoms with Crippen molar-refractivity contribution in [3.63, 3.8) is 0 Å². The SMILES string of the molecule is CSCC[C@H](NC(=O)[C@H](CC(=O)O)NC(C)=O)C(=O)N[C@@H](CCC(N)=O)C(=O)N[C@H](C=O)CC(=O)O.O=C(O)C(F)(F)F. The number of nitrogens with two attached hydrogens (primary N) is 1. The second-order valence-corrected chi connectivity index (χ2v) is 9.40. The molecule has 0 aliphatic carbocycles. The minimum absolute atomic E-state index is 0.0543. The minimum atomic E-state index is -5.08. The van der Waals surface area contributed by atoms with Crippen molar-refractivity contribution in [1.82, 2.24) is 21.3 Å². The highest BCUT2D eigenvalue weighted by Crippen LogP contribution is 2.13. The lowest BCUT2D eigenvalue weighted by Crippen LogP contribution is -2.57. The summed E-state index contributed by atoms with van der Waals surface area (Å²) < 4.78 is 31.7. The van der Waals surface area contributed by atoms with Crippen LogP contribution in [-0.2, 0) is 43.2 Å². The molecule has 0 unspecified atom stereocenters. The van der Waals surface area contributed by atoms with Crippen LogP contribution in [0.4, 0.5) is 13.2 Å². The number of aldehydes is 1. The molecule has 0 saturated heterocycles. The van der Waals surface area contributed by atoms with E-state index < -0.39 is 90.6 Å². The van der Waals surface area contributed by atoms with Gasteiger partial charge < -0.3 is 47.1 Å². The Balaban J connectivity index is 0. The summed E-state index contributed by atoms with van der Waals surface area (Å²) in [4.78, 5) is 103. The van der Waals surface area contributed by atoms with Gasteiger partial charge in [-0.15, -0.1) is 0 Å². The third-order valence-corrected chi connectivity index (χ3v) is 5.40. The zero-order chi connectivity index (χ0) is 33.9. The number of halogens is 3. The number of aliphatic carboxylic acids is 3. The number of hydrogen-bond donors (Lipinski definition) is 8. The quantitative estimate of drug-likeness (QED) is 0.0730. The second-order valence-electron chi connectivity index (χ2n) is 8.41. The molecule has 0 aromatic carbocycles. The summed E-state index contributed by atoms with van der Waals surface area (Å²) in [5.41, 5.74) is 5.11. The standard InChI is InChI=1S/C20H31N5O10S.C2HF3O2/c1-10(27)22-14(8-17(31)32)20(35)25-13(5-6-36-2)19(34)24-12(3-4-15(21)28)18(33)23-11(9-26)7-16(29)30;3-2(4,5)1(6)7/h9,11-14H,3-8H2,1-2H3,(H2,21,28)(H,22,27)(H,23,33)(H,24,34)(H,25,35)(H,29,30)(H,31,32);(H,6,7)/t11-,12-,13-,14-;/m0./s1. The number of primary amides is 1. The largest absolute Gasteiger partial charge is 0.490 e. The van der Waals surface area contributed by atoms with Crippen LogP contribution in [0.2, 0.25) is 0 Å². The van der Waals surface area contributed by atoms with Crippen molar-refractivity contribution in [2.24, 2.45) is 5.73 Å². The van der Waals surface area contributed by atoms with Crippen molar-refractivity contribution >= 4 is 65.5 Å². The van der Waals surface area contributed by atoms with Gasteiger partial charge in [0.2, 0.25) is 29.5 Å². The summed E-state index contributed by atoms with van der Waals surface area (Å²) in [6.45, 7) is 1.08. The molecule has 0 saturated carbocycles. The Kier molecular flexibility index (Phi) is 19.4. The molecule has 0 aliphatic heterocycles. The van der Waals surface area contributed by atoms with Gasteiger partial charge in [0.15, 0.2) is 0 Å². The summed E-state index contributed by atoms with van der Waals surface area (Å²) in [6, 6.07) is -5.55. The molecule has 0 bridgehead atoms. The van der Waals surface area contributed by atoms with Gasteiger partial charge in [0, 0.05) is 13.3 Å². The first-order valence-corrected chi connectivity index (χ1v) is 13.3. The average Bonchev–Trinajstić information content (AvgIpc) is 2.86. The molecule has 0 rings (SSSR count). The van der Waals surface area contributed by atoms with Crippen molar-refractivity contribution < 1.29 is 71.6 Å². The number of carboxylic acids is 3. The van der Waals surface area contributed by atoms with Crippen molar-refractivity contribution in [3.05, 3.63) is 0 Å². The molecule has 4 atom stereocenters. The first kappa shape index (κ1) is 40.7. The Hall–Kier alpha value is -4.43. The predicted octanol–water partition coefficient (Wildman–Crippen LogP) is -2.25. The van der Waals surface area contributed by atoms with E-state index in [2.05, 4.69) is 21.3 Å². The van der Waals surface area contributed by atoms with Crippen molar-refractivity contribution in [2.45, 2.75) is 69.4 Å². The van der Waals surface area contributed by atoms with E-state index in [9.17, 15) is 51.5 Å². The van der Waals surface area contributed by atoms with Crippen LogP contribution in [0.3, 0.4) is 0 Å². The Morgan fingerprint density at radius 3 is 1.60 bits per heavy atom. The van der Waals surface area contributed by atoms with Crippen LogP contribution in [0.5, 0.6) is 0 Å². The monoisotopic (exact) mass is 647 g/mol. The number of nitrogens with one attached hydrogen (secondary N) is 4. The summed E-state index contributed by atoms with van der Waals surface area (Å²) in [5.74, 6) is -9.37. The fourth-order valence-electron chi connectivity index (χ4n) is 2.84. The number of amides is 5. The molecule has 0 aromatic rings. The van der Waals surface area contributed by atoms with E-state index >= 15 is 0 Å². The summed E-state index contributed by atoms with van der Waals surface area (Å²) in [5, 5.41) is 34.0. The maximum absolute atomic E-state index is 12.9. The number of carbonyl (C=O) groups is 9. The van der Waals surface area contributed by atoms with E-state index in [0.717, 1.165) is 6.92 Å². The third-order valence-electron chi connectivity index (χ3n) is 4.76. The number of carboxylic acid groups (broad SMARTS) is 3. The third kappa shape index (κ3) is 20.1. The first-order valence-electron chi connectivity index (χ1n) is 11.9. The molecule has 21 heteroatoms.